The predicted octanol–water partition coefficient (Wildman–Crippen LogP) is 4.41. The highest BCUT2D eigenvalue weighted by Gasteiger charge is 2.30. The van der Waals surface area contributed by atoms with Gasteiger partial charge in [-0.3, -0.25) is 4.90 Å². The average Bonchev–Trinajstić information content (AvgIpc) is 3.46. The Morgan fingerprint density at radius 3 is 2.50 bits per heavy atom. The lowest BCUT2D eigenvalue weighted by Gasteiger charge is -2.26. The van der Waals surface area contributed by atoms with Crippen LogP contribution in [0.4, 0.5) is 0 Å². The van der Waals surface area contributed by atoms with E-state index in [4.69, 9.17) is 0 Å². The van der Waals surface area contributed by atoms with Crippen LogP contribution in [0.15, 0.2) is 72.9 Å². The van der Waals surface area contributed by atoms with E-state index in [9.17, 15) is 5.11 Å². The third-order valence-corrected chi connectivity index (χ3v) is 5.71. The van der Waals surface area contributed by atoms with E-state index in [2.05, 4.69) is 71.1 Å². The van der Waals surface area contributed by atoms with Crippen molar-refractivity contribution in [2.24, 2.45) is 0 Å². The number of hydrogen-bond donors (Lipinski definition) is 1. The molecule has 4 rings (SSSR count). The molecule has 1 N–H and O–H groups in total. The molecular formula is C25H30N2O. The molecule has 1 aliphatic rings. The van der Waals surface area contributed by atoms with Gasteiger partial charge in [0, 0.05) is 37.6 Å². The molecule has 146 valence electrons. The fourth-order valence-corrected chi connectivity index (χ4v) is 3.93. The maximum absolute atomic E-state index is 10.7. The van der Waals surface area contributed by atoms with Gasteiger partial charge in [-0.25, -0.2) is 0 Å². The van der Waals surface area contributed by atoms with Crippen LogP contribution in [0.3, 0.4) is 0 Å². The van der Waals surface area contributed by atoms with Crippen LogP contribution >= 0.6 is 0 Å². The molecule has 2 aromatic carbocycles. The number of benzene rings is 2. The molecule has 1 aromatic heterocycles. The Balaban J connectivity index is 1.42. The van der Waals surface area contributed by atoms with E-state index in [1.807, 2.05) is 18.2 Å². The van der Waals surface area contributed by atoms with Crippen LogP contribution in [0.25, 0.3) is 0 Å². The van der Waals surface area contributed by atoms with E-state index < -0.39 is 0 Å². The zero-order valence-corrected chi connectivity index (χ0v) is 16.7. The van der Waals surface area contributed by atoms with Gasteiger partial charge in [0.2, 0.25) is 0 Å². The van der Waals surface area contributed by atoms with Crippen LogP contribution in [0.5, 0.6) is 0 Å². The van der Waals surface area contributed by atoms with Crippen molar-refractivity contribution in [1.29, 1.82) is 0 Å². The van der Waals surface area contributed by atoms with Crippen molar-refractivity contribution in [3.63, 3.8) is 0 Å². The molecule has 1 aliphatic carbocycles. The predicted molar refractivity (Wildman–Crippen MR) is 114 cm³/mol. The van der Waals surface area contributed by atoms with Crippen molar-refractivity contribution in [2.75, 3.05) is 6.54 Å². The van der Waals surface area contributed by atoms with E-state index in [-0.39, 0.29) is 6.10 Å². The summed E-state index contributed by atoms with van der Waals surface area (Å²) < 4.78 is 2.35. The molecule has 0 spiro atoms. The van der Waals surface area contributed by atoms with E-state index in [1.165, 1.54) is 35.2 Å². The van der Waals surface area contributed by atoms with Crippen molar-refractivity contribution >= 4 is 0 Å². The second-order valence-corrected chi connectivity index (χ2v) is 8.06. The maximum Gasteiger partial charge on any atom is 0.0707 e. The Morgan fingerprint density at radius 1 is 1.00 bits per heavy atom. The van der Waals surface area contributed by atoms with Crippen molar-refractivity contribution in [1.82, 2.24) is 9.47 Å². The Hall–Kier alpha value is -2.36. The van der Waals surface area contributed by atoms with Gasteiger partial charge in [-0.2, -0.15) is 0 Å². The highest BCUT2D eigenvalue weighted by Crippen LogP contribution is 2.29. The molecule has 3 heteroatoms. The van der Waals surface area contributed by atoms with Gasteiger partial charge >= 0.3 is 0 Å². The number of aryl methyl sites for hydroxylation is 1. The normalized spacial score (nSPS) is 15.1. The number of aliphatic hydroxyl groups is 1. The first kappa shape index (κ1) is 19.0. The fourth-order valence-electron chi connectivity index (χ4n) is 3.93. The van der Waals surface area contributed by atoms with Crippen LogP contribution in [-0.4, -0.2) is 33.3 Å². The zero-order chi connectivity index (χ0) is 19.3. The maximum atomic E-state index is 10.7. The summed E-state index contributed by atoms with van der Waals surface area (Å²) in [6, 6.07) is 23.9. The summed E-state index contributed by atoms with van der Waals surface area (Å²) in [6.45, 7) is 4.71. The number of rotatable bonds is 9. The van der Waals surface area contributed by atoms with Gasteiger partial charge in [0.25, 0.3) is 0 Å². The zero-order valence-electron chi connectivity index (χ0n) is 16.7. The minimum Gasteiger partial charge on any atom is -0.391 e. The van der Waals surface area contributed by atoms with Gasteiger partial charge in [0.1, 0.15) is 0 Å². The molecule has 0 bridgehead atoms. The summed E-state index contributed by atoms with van der Waals surface area (Å²) in [4.78, 5) is 2.47. The highest BCUT2D eigenvalue weighted by atomic mass is 16.3. The first-order chi connectivity index (χ1) is 13.7. The number of aromatic nitrogens is 1. The van der Waals surface area contributed by atoms with Crippen LogP contribution < -0.4 is 0 Å². The van der Waals surface area contributed by atoms with Gasteiger partial charge in [0.05, 0.1) is 6.10 Å². The summed E-state index contributed by atoms with van der Waals surface area (Å²) in [5.74, 6) is 0. The van der Waals surface area contributed by atoms with Gasteiger partial charge in [-0.15, -0.1) is 0 Å². The standard InChI is InChI=1S/C25H30N2O/c1-20-8-5-6-11-22(20)17-26-15-7-12-24(26)18-27(23-13-14-23)19-25(28)16-21-9-3-2-4-10-21/h2-12,15,23,25,28H,13-14,16-19H2,1H3. The van der Waals surface area contributed by atoms with Crippen LogP contribution in [0.2, 0.25) is 0 Å². The molecule has 0 saturated heterocycles. The van der Waals surface area contributed by atoms with E-state index in [0.717, 1.165) is 19.6 Å². The summed E-state index contributed by atoms with van der Waals surface area (Å²) in [6.07, 6.45) is 5.05. The Labute approximate surface area is 168 Å². The van der Waals surface area contributed by atoms with E-state index in [0.29, 0.717) is 12.5 Å². The molecule has 3 nitrogen and oxygen atoms in total. The average molecular weight is 375 g/mol. The summed E-state index contributed by atoms with van der Waals surface area (Å²) in [5.41, 5.74) is 5.22. The first-order valence-corrected chi connectivity index (χ1v) is 10.3. The van der Waals surface area contributed by atoms with Gasteiger partial charge in [-0.05, 0) is 55.0 Å². The third kappa shape index (κ3) is 4.92. The second kappa shape index (κ2) is 8.76. The van der Waals surface area contributed by atoms with Gasteiger partial charge in [0.15, 0.2) is 0 Å². The van der Waals surface area contributed by atoms with Crippen LogP contribution in [0, 0.1) is 6.92 Å². The smallest absolute Gasteiger partial charge is 0.0707 e. The SMILES string of the molecule is Cc1ccccc1Cn1cccc1CN(CC(O)Cc1ccccc1)C1CC1. The van der Waals surface area contributed by atoms with E-state index in [1.54, 1.807) is 0 Å². The second-order valence-electron chi connectivity index (χ2n) is 8.06. The van der Waals surface area contributed by atoms with Crippen molar-refractivity contribution < 1.29 is 5.11 Å². The van der Waals surface area contributed by atoms with Gasteiger partial charge < -0.3 is 9.67 Å². The summed E-state index contributed by atoms with van der Waals surface area (Å²) >= 11 is 0. The molecule has 1 saturated carbocycles. The number of nitrogens with zero attached hydrogens (tertiary/aromatic N) is 2. The molecule has 1 heterocycles. The molecule has 0 amide bonds. The minimum atomic E-state index is -0.331. The van der Waals surface area contributed by atoms with E-state index >= 15 is 0 Å². The molecule has 3 aromatic rings. The van der Waals surface area contributed by atoms with Crippen LogP contribution in [0.1, 0.15) is 35.2 Å². The molecule has 28 heavy (non-hydrogen) atoms. The first-order valence-electron chi connectivity index (χ1n) is 10.3. The van der Waals surface area contributed by atoms with Crippen molar-refractivity contribution in [3.05, 3.63) is 95.3 Å². The lowest BCUT2D eigenvalue weighted by molar-refractivity contribution is 0.103. The molecule has 1 fully saturated rings. The third-order valence-electron chi connectivity index (χ3n) is 5.71. The topological polar surface area (TPSA) is 28.4 Å². The Kier molecular flexibility index (Phi) is 5.94. The van der Waals surface area contributed by atoms with Crippen molar-refractivity contribution in [3.8, 4) is 0 Å². The lowest BCUT2D eigenvalue weighted by atomic mass is 10.1. The summed E-state index contributed by atoms with van der Waals surface area (Å²) in [7, 11) is 0. The van der Waals surface area contributed by atoms with Crippen LogP contribution in [-0.2, 0) is 19.5 Å². The molecule has 0 aliphatic heterocycles. The molecule has 0 radical (unpaired) electrons. The minimum absolute atomic E-state index is 0.331. The Morgan fingerprint density at radius 2 is 1.75 bits per heavy atom. The highest BCUT2D eigenvalue weighted by molar-refractivity contribution is 5.26. The molecule has 1 atom stereocenters. The fraction of sp³-hybridized carbons (Fsp3) is 0.360. The largest absolute Gasteiger partial charge is 0.391 e. The van der Waals surface area contributed by atoms with Gasteiger partial charge in [-0.1, -0.05) is 54.6 Å². The lowest BCUT2D eigenvalue weighted by Crippen LogP contribution is -2.35. The van der Waals surface area contributed by atoms with Crippen molar-refractivity contribution in [2.45, 2.75) is 51.4 Å². The molecular weight excluding hydrogens is 344 g/mol. The monoisotopic (exact) mass is 374 g/mol. The summed E-state index contributed by atoms with van der Waals surface area (Å²) in [5, 5.41) is 10.7. The Bertz CT molecular complexity index is 882. The quantitative estimate of drug-likeness (QED) is 0.601. The number of aliphatic hydroxyl groups excluding tert-OH is 1. The molecule has 1 unspecified atom stereocenters. The number of hydrogen-bond acceptors (Lipinski definition) is 2.